The Balaban J connectivity index is 1.74. The second-order valence-electron chi connectivity index (χ2n) is 5.57. The van der Waals surface area contributed by atoms with Gasteiger partial charge in [0.1, 0.15) is 5.82 Å². The number of nitrogens with one attached hydrogen (secondary N) is 1. The lowest BCUT2D eigenvalue weighted by molar-refractivity contribution is -0.144. The van der Waals surface area contributed by atoms with Gasteiger partial charge in [0, 0.05) is 30.9 Å². The van der Waals surface area contributed by atoms with E-state index in [0.29, 0.717) is 12.5 Å². The van der Waals surface area contributed by atoms with E-state index in [-0.39, 0.29) is 5.41 Å². The molecule has 1 aromatic heterocycles. The minimum Gasteiger partial charge on any atom is -0.333 e. The first-order valence-corrected chi connectivity index (χ1v) is 6.69. The van der Waals surface area contributed by atoms with Crippen LogP contribution in [0.5, 0.6) is 0 Å². The Bertz CT molecular complexity index is 448. The molecule has 0 aliphatic carbocycles. The molecule has 0 unspecified atom stereocenters. The number of fused-ring (bicyclic) bond motifs is 1. The number of amides is 1. The summed E-state index contributed by atoms with van der Waals surface area (Å²) in [5.74, 6) is 1.31. The highest BCUT2D eigenvalue weighted by atomic mass is 16.2. The van der Waals surface area contributed by atoms with E-state index < -0.39 is 0 Å². The molecule has 0 bridgehead atoms. The summed E-state index contributed by atoms with van der Waals surface area (Å²) < 4.78 is 2.13. The number of carbonyl (C=O) groups is 1. The molecule has 1 saturated heterocycles. The Morgan fingerprint density at radius 2 is 2.17 bits per heavy atom. The van der Waals surface area contributed by atoms with Gasteiger partial charge < -0.3 is 14.8 Å². The van der Waals surface area contributed by atoms with Crippen LogP contribution in [0, 0.1) is 5.41 Å². The van der Waals surface area contributed by atoms with Gasteiger partial charge in [-0.3, -0.25) is 4.79 Å². The summed E-state index contributed by atoms with van der Waals surface area (Å²) in [6.45, 7) is 6.35. The molecule has 0 saturated carbocycles. The molecule has 5 nitrogen and oxygen atoms in total. The van der Waals surface area contributed by atoms with Crippen molar-refractivity contribution in [3.63, 3.8) is 0 Å². The zero-order chi connectivity index (χ0) is 12.6. The maximum atomic E-state index is 12.7. The lowest BCUT2D eigenvalue weighted by atomic mass is 9.79. The summed E-state index contributed by atoms with van der Waals surface area (Å²) in [4.78, 5) is 19.0. The van der Waals surface area contributed by atoms with E-state index in [4.69, 9.17) is 0 Å². The molecule has 1 amide bonds. The van der Waals surface area contributed by atoms with E-state index >= 15 is 0 Å². The average Bonchev–Trinajstić information content (AvgIpc) is 2.86. The number of rotatable bonds is 1. The molecule has 0 spiro atoms. The molecule has 18 heavy (non-hydrogen) atoms. The molecule has 5 heteroatoms. The second kappa shape index (κ2) is 4.39. The standard InChI is InChI=1S/C13H20N4O/c1-13(2-4-14-5-3-13)12(18)17-9-8-16-7-6-15-11(16)10-17/h6-7,14H,2-5,8-10H2,1H3. The molecule has 1 fully saturated rings. The van der Waals surface area contributed by atoms with Gasteiger partial charge in [-0.05, 0) is 25.9 Å². The normalized spacial score (nSPS) is 22.6. The molecule has 0 radical (unpaired) electrons. The number of hydrogen-bond donors (Lipinski definition) is 1. The predicted octanol–water partition coefficient (Wildman–Crippen LogP) is 0.615. The van der Waals surface area contributed by atoms with Crippen molar-refractivity contribution in [1.29, 1.82) is 0 Å². The number of nitrogens with zero attached hydrogens (tertiary/aromatic N) is 3. The number of piperidine rings is 1. The monoisotopic (exact) mass is 248 g/mol. The first-order valence-electron chi connectivity index (χ1n) is 6.69. The van der Waals surface area contributed by atoms with Crippen LogP contribution in [0.2, 0.25) is 0 Å². The summed E-state index contributed by atoms with van der Waals surface area (Å²) in [6.07, 6.45) is 5.69. The fourth-order valence-corrected chi connectivity index (χ4v) is 2.92. The van der Waals surface area contributed by atoms with Gasteiger partial charge in [0.2, 0.25) is 5.91 Å². The Labute approximate surface area is 107 Å². The maximum absolute atomic E-state index is 12.7. The predicted molar refractivity (Wildman–Crippen MR) is 67.9 cm³/mol. The van der Waals surface area contributed by atoms with Gasteiger partial charge in [0.25, 0.3) is 0 Å². The molecule has 2 aliphatic rings. The van der Waals surface area contributed by atoms with Crippen LogP contribution >= 0.6 is 0 Å². The zero-order valence-corrected chi connectivity index (χ0v) is 10.9. The third kappa shape index (κ3) is 1.92. The van der Waals surface area contributed by atoms with Gasteiger partial charge in [0.05, 0.1) is 6.54 Å². The fraction of sp³-hybridized carbons (Fsp3) is 0.692. The highest BCUT2D eigenvalue weighted by Gasteiger charge is 2.38. The van der Waals surface area contributed by atoms with Gasteiger partial charge in [0.15, 0.2) is 0 Å². The largest absolute Gasteiger partial charge is 0.333 e. The van der Waals surface area contributed by atoms with Crippen molar-refractivity contribution in [3.05, 3.63) is 18.2 Å². The quantitative estimate of drug-likeness (QED) is 0.792. The molecular formula is C13H20N4O. The first-order chi connectivity index (χ1) is 8.69. The summed E-state index contributed by atoms with van der Waals surface area (Å²) in [6, 6.07) is 0. The van der Waals surface area contributed by atoms with Crippen molar-refractivity contribution in [2.75, 3.05) is 19.6 Å². The van der Waals surface area contributed by atoms with Crippen molar-refractivity contribution >= 4 is 5.91 Å². The van der Waals surface area contributed by atoms with Crippen LogP contribution in [-0.2, 0) is 17.9 Å². The molecule has 0 atom stereocenters. The highest BCUT2D eigenvalue weighted by molar-refractivity contribution is 5.82. The first kappa shape index (κ1) is 11.7. The van der Waals surface area contributed by atoms with E-state index in [0.717, 1.165) is 44.8 Å². The number of aromatic nitrogens is 2. The van der Waals surface area contributed by atoms with Crippen molar-refractivity contribution in [2.45, 2.75) is 32.9 Å². The lowest BCUT2D eigenvalue weighted by Gasteiger charge is -2.38. The second-order valence-corrected chi connectivity index (χ2v) is 5.57. The van der Waals surface area contributed by atoms with Gasteiger partial charge in [-0.25, -0.2) is 4.98 Å². The summed E-state index contributed by atoms with van der Waals surface area (Å²) in [5.41, 5.74) is -0.181. The summed E-state index contributed by atoms with van der Waals surface area (Å²) >= 11 is 0. The Morgan fingerprint density at radius 1 is 1.39 bits per heavy atom. The van der Waals surface area contributed by atoms with Crippen LogP contribution in [-0.4, -0.2) is 40.0 Å². The summed E-state index contributed by atoms with van der Waals surface area (Å²) in [5, 5.41) is 3.32. The molecule has 0 aromatic carbocycles. The molecular weight excluding hydrogens is 228 g/mol. The van der Waals surface area contributed by atoms with Crippen LogP contribution in [0.1, 0.15) is 25.6 Å². The number of carbonyl (C=O) groups excluding carboxylic acids is 1. The maximum Gasteiger partial charge on any atom is 0.229 e. The summed E-state index contributed by atoms with van der Waals surface area (Å²) in [7, 11) is 0. The van der Waals surface area contributed by atoms with Crippen LogP contribution in [0.25, 0.3) is 0 Å². The SMILES string of the molecule is CC1(C(=O)N2CCn3ccnc3C2)CCNCC1. The molecule has 98 valence electrons. The van der Waals surface area contributed by atoms with E-state index in [1.807, 2.05) is 17.3 Å². The van der Waals surface area contributed by atoms with Crippen LogP contribution in [0.3, 0.4) is 0 Å². The van der Waals surface area contributed by atoms with Gasteiger partial charge in [-0.1, -0.05) is 6.92 Å². The van der Waals surface area contributed by atoms with Gasteiger partial charge >= 0.3 is 0 Å². The van der Waals surface area contributed by atoms with Crippen molar-refractivity contribution in [1.82, 2.24) is 19.8 Å². The average molecular weight is 248 g/mol. The van der Waals surface area contributed by atoms with Crippen LogP contribution in [0.4, 0.5) is 0 Å². The fourth-order valence-electron chi connectivity index (χ4n) is 2.92. The molecule has 2 aliphatic heterocycles. The number of imidazole rings is 1. The Morgan fingerprint density at radius 3 is 2.94 bits per heavy atom. The Kier molecular flexibility index (Phi) is 2.86. The van der Waals surface area contributed by atoms with Gasteiger partial charge in [-0.2, -0.15) is 0 Å². The topological polar surface area (TPSA) is 50.2 Å². The van der Waals surface area contributed by atoms with Crippen molar-refractivity contribution in [3.8, 4) is 0 Å². The van der Waals surface area contributed by atoms with Crippen molar-refractivity contribution in [2.24, 2.45) is 5.41 Å². The van der Waals surface area contributed by atoms with E-state index in [1.54, 1.807) is 0 Å². The minimum absolute atomic E-state index is 0.181. The third-order valence-electron chi connectivity index (χ3n) is 4.26. The smallest absolute Gasteiger partial charge is 0.229 e. The minimum atomic E-state index is -0.181. The lowest BCUT2D eigenvalue weighted by Crippen LogP contribution is -2.49. The van der Waals surface area contributed by atoms with Crippen LogP contribution in [0.15, 0.2) is 12.4 Å². The molecule has 1 N–H and O–H groups in total. The van der Waals surface area contributed by atoms with E-state index in [2.05, 4.69) is 21.8 Å². The number of hydrogen-bond acceptors (Lipinski definition) is 3. The van der Waals surface area contributed by atoms with Crippen LogP contribution < -0.4 is 5.32 Å². The molecule has 1 aromatic rings. The van der Waals surface area contributed by atoms with Gasteiger partial charge in [-0.15, -0.1) is 0 Å². The van der Waals surface area contributed by atoms with E-state index in [9.17, 15) is 4.79 Å². The highest BCUT2D eigenvalue weighted by Crippen LogP contribution is 2.31. The van der Waals surface area contributed by atoms with Crippen molar-refractivity contribution < 1.29 is 4.79 Å². The third-order valence-corrected chi connectivity index (χ3v) is 4.26. The zero-order valence-electron chi connectivity index (χ0n) is 10.9. The molecule has 3 rings (SSSR count). The van der Waals surface area contributed by atoms with E-state index in [1.165, 1.54) is 0 Å². The Hall–Kier alpha value is -1.36. The molecule has 3 heterocycles.